The molecule has 2 aromatic rings. The fourth-order valence-corrected chi connectivity index (χ4v) is 3.35. The molecule has 4 amide bonds. The fourth-order valence-electron chi connectivity index (χ4n) is 3.09. The van der Waals surface area contributed by atoms with Crippen molar-refractivity contribution in [2.45, 2.75) is 26.9 Å². The molecule has 1 N–H and O–H groups in total. The van der Waals surface area contributed by atoms with Crippen molar-refractivity contribution in [3.8, 4) is 11.5 Å². The van der Waals surface area contributed by atoms with Gasteiger partial charge in [-0.1, -0.05) is 17.7 Å². The predicted octanol–water partition coefficient (Wildman–Crippen LogP) is 4.10. The lowest BCUT2D eigenvalue weighted by Crippen LogP contribution is -2.54. The number of hydrogen-bond donors (Lipinski definition) is 1. The lowest BCUT2D eigenvalue weighted by Gasteiger charge is -2.26. The normalized spacial score (nSPS) is 15.1. The molecule has 0 aromatic heterocycles. The largest absolute Gasteiger partial charge is 0.490 e. The van der Waals surface area contributed by atoms with E-state index in [1.807, 2.05) is 13.8 Å². The molecule has 1 heterocycles. The zero-order valence-corrected chi connectivity index (χ0v) is 18.7. The second kappa shape index (κ2) is 9.70. The number of amides is 4. The Bertz CT molecular complexity index is 1180. The number of anilines is 1. The molecule has 172 valence electrons. The minimum atomic E-state index is -1.02. The Morgan fingerprint density at radius 1 is 1.21 bits per heavy atom. The molecule has 0 aliphatic carbocycles. The Morgan fingerprint density at radius 2 is 1.94 bits per heavy atom. The molecular weight excluding hydrogens is 454 g/mol. The summed E-state index contributed by atoms with van der Waals surface area (Å²) in [6, 6.07) is 6.98. The van der Waals surface area contributed by atoms with Gasteiger partial charge < -0.3 is 9.47 Å². The second-order valence-electron chi connectivity index (χ2n) is 7.16. The van der Waals surface area contributed by atoms with Gasteiger partial charge >= 0.3 is 6.03 Å². The van der Waals surface area contributed by atoms with Crippen LogP contribution in [0.15, 0.2) is 42.0 Å². The number of ether oxygens (including phenoxy) is 2. The van der Waals surface area contributed by atoms with Crippen LogP contribution < -0.4 is 19.7 Å². The first-order chi connectivity index (χ1) is 15.6. The number of nitrogens with one attached hydrogen (secondary N) is 1. The van der Waals surface area contributed by atoms with Gasteiger partial charge in [-0.2, -0.15) is 0 Å². The standard InChI is InChI=1S/C22H20ClN3O7/c1-4-32-18-10-13(9-17(23)19(18)33-12(2)3)8-16-20(27)24-22(29)25(21(16)28)14-6-5-7-15(11-14)26(30)31/h5-12H,4H2,1-3H3,(H,24,27,29)/b16-8+. The highest BCUT2D eigenvalue weighted by atomic mass is 35.5. The van der Waals surface area contributed by atoms with Gasteiger partial charge in [0.05, 0.1) is 28.3 Å². The van der Waals surface area contributed by atoms with Crippen molar-refractivity contribution in [2.24, 2.45) is 0 Å². The summed E-state index contributed by atoms with van der Waals surface area (Å²) in [5, 5.41) is 13.3. The average Bonchev–Trinajstić information content (AvgIpc) is 2.73. The van der Waals surface area contributed by atoms with Gasteiger partial charge in [-0.05, 0) is 50.6 Å². The highest BCUT2D eigenvalue weighted by Gasteiger charge is 2.37. The number of barbiturate groups is 1. The van der Waals surface area contributed by atoms with Crippen molar-refractivity contribution >= 4 is 46.9 Å². The zero-order valence-electron chi connectivity index (χ0n) is 18.0. The number of urea groups is 1. The zero-order chi connectivity index (χ0) is 24.3. The second-order valence-corrected chi connectivity index (χ2v) is 7.57. The molecule has 2 aromatic carbocycles. The third-order valence-corrected chi connectivity index (χ3v) is 4.68. The number of benzene rings is 2. The molecular formula is C22H20ClN3O7. The average molecular weight is 474 g/mol. The van der Waals surface area contributed by atoms with Crippen LogP contribution in [0.1, 0.15) is 26.3 Å². The van der Waals surface area contributed by atoms with Gasteiger partial charge in [-0.15, -0.1) is 0 Å². The minimum absolute atomic E-state index is 0.0566. The first kappa shape index (κ1) is 23.7. The summed E-state index contributed by atoms with van der Waals surface area (Å²) in [5.74, 6) is -1.21. The van der Waals surface area contributed by atoms with Crippen molar-refractivity contribution in [3.05, 3.63) is 62.7 Å². The van der Waals surface area contributed by atoms with Crippen LogP contribution in [0.4, 0.5) is 16.2 Å². The van der Waals surface area contributed by atoms with Gasteiger partial charge in [0.2, 0.25) is 0 Å². The van der Waals surface area contributed by atoms with Gasteiger partial charge in [0, 0.05) is 12.1 Å². The van der Waals surface area contributed by atoms with Crippen LogP contribution in [-0.4, -0.2) is 35.5 Å². The number of carbonyl (C=O) groups excluding carboxylic acids is 3. The number of nitro groups is 1. The van der Waals surface area contributed by atoms with Crippen LogP contribution in [0.25, 0.3) is 6.08 Å². The molecule has 0 saturated carbocycles. The van der Waals surface area contributed by atoms with E-state index in [-0.39, 0.29) is 28.1 Å². The van der Waals surface area contributed by atoms with Crippen LogP contribution in [0.3, 0.4) is 0 Å². The Balaban J connectivity index is 2.04. The molecule has 0 spiro atoms. The number of carbonyl (C=O) groups is 3. The Labute approximate surface area is 193 Å². The predicted molar refractivity (Wildman–Crippen MR) is 120 cm³/mol. The van der Waals surface area contributed by atoms with E-state index in [2.05, 4.69) is 5.32 Å². The summed E-state index contributed by atoms with van der Waals surface area (Å²) in [6.45, 7) is 5.75. The minimum Gasteiger partial charge on any atom is -0.490 e. The summed E-state index contributed by atoms with van der Waals surface area (Å²) < 4.78 is 11.3. The van der Waals surface area contributed by atoms with E-state index in [9.17, 15) is 24.5 Å². The Morgan fingerprint density at radius 3 is 2.58 bits per heavy atom. The maximum atomic E-state index is 13.1. The van der Waals surface area contributed by atoms with E-state index >= 15 is 0 Å². The fraction of sp³-hybridized carbons (Fsp3) is 0.227. The first-order valence-corrected chi connectivity index (χ1v) is 10.3. The molecule has 1 aliphatic heterocycles. The monoisotopic (exact) mass is 473 g/mol. The molecule has 33 heavy (non-hydrogen) atoms. The van der Waals surface area contributed by atoms with Crippen LogP contribution in [0, 0.1) is 10.1 Å². The molecule has 0 atom stereocenters. The van der Waals surface area contributed by atoms with Crippen molar-refractivity contribution in [1.82, 2.24) is 5.32 Å². The van der Waals surface area contributed by atoms with Crippen molar-refractivity contribution in [3.63, 3.8) is 0 Å². The van der Waals surface area contributed by atoms with Crippen LogP contribution in [0.5, 0.6) is 11.5 Å². The number of imide groups is 2. The highest BCUT2D eigenvalue weighted by Crippen LogP contribution is 2.38. The maximum absolute atomic E-state index is 13.1. The molecule has 0 radical (unpaired) electrons. The van der Waals surface area contributed by atoms with Crippen molar-refractivity contribution in [1.29, 1.82) is 0 Å². The van der Waals surface area contributed by atoms with E-state index in [0.717, 1.165) is 6.07 Å². The highest BCUT2D eigenvalue weighted by molar-refractivity contribution is 6.39. The molecule has 0 unspecified atom stereocenters. The lowest BCUT2D eigenvalue weighted by atomic mass is 10.1. The number of nitro benzene ring substituents is 1. The summed E-state index contributed by atoms with van der Waals surface area (Å²) in [7, 11) is 0. The van der Waals surface area contributed by atoms with Crippen molar-refractivity contribution < 1.29 is 28.8 Å². The molecule has 11 heteroatoms. The smallest absolute Gasteiger partial charge is 0.335 e. The van der Waals surface area contributed by atoms with Crippen LogP contribution in [-0.2, 0) is 9.59 Å². The third-order valence-electron chi connectivity index (χ3n) is 4.40. The van der Waals surface area contributed by atoms with Crippen LogP contribution in [0.2, 0.25) is 5.02 Å². The van der Waals surface area contributed by atoms with E-state index < -0.39 is 22.8 Å². The van der Waals surface area contributed by atoms with Gasteiger partial charge in [-0.3, -0.25) is 25.0 Å². The summed E-state index contributed by atoms with van der Waals surface area (Å²) in [4.78, 5) is 48.9. The molecule has 3 rings (SSSR count). The Hall–Kier alpha value is -3.92. The van der Waals surface area contributed by atoms with Gasteiger partial charge in [0.15, 0.2) is 11.5 Å². The number of nitrogens with zero attached hydrogens (tertiary/aromatic N) is 2. The van der Waals surface area contributed by atoms with Crippen LogP contribution >= 0.6 is 11.6 Å². The summed E-state index contributed by atoms with van der Waals surface area (Å²) >= 11 is 6.35. The number of rotatable bonds is 7. The van der Waals surface area contributed by atoms with Gasteiger partial charge in [0.25, 0.3) is 17.5 Å². The molecule has 10 nitrogen and oxygen atoms in total. The molecule has 0 bridgehead atoms. The SMILES string of the molecule is CCOc1cc(/C=C2\C(=O)NC(=O)N(c3cccc([N+](=O)[O-])c3)C2=O)cc(Cl)c1OC(C)C. The van der Waals surface area contributed by atoms with E-state index in [4.69, 9.17) is 21.1 Å². The first-order valence-electron chi connectivity index (χ1n) is 9.91. The number of non-ortho nitro benzene ring substituents is 1. The van der Waals surface area contributed by atoms with E-state index in [1.165, 1.54) is 30.3 Å². The van der Waals surface area contributed by atoms with Gasteiger partial charge in [0.1, 0.15) is 5.57 Å². The maximum Gasteiger partial charge on any atom is 0.335 e. The molecule has 1 saturated heterocycles. The summed E-state index contributed by atoms with van der Waals surface area (Å²) in [6.07, 6.45) is 1.08. The third kappa shape index (κ3) is 5.12. The number of halogens is 1. The molecule has 1 fully saturated rings. The quantitative estimate of drug-likeness (QED) is 0.277. The van der Waals surface area contributed by atoms with Gasteiger partial charge in [-0.25, -0.2) is 9.69 Å². The lowest BCUT2D eigenvalue weighted by molar-refractivity contribution is -0.384. The van der Waals surface area contributed by atoms with E-state index in [1.54, 1.807) is 13.0 Å². The Kier molecular flexibility index (Phi) is 6.98. The number of hydrogen-bond acceptors (Lipinski definition) is 7. The van der Waals surface area contributed by atoms with E-state index in [0.29, 0.717) is 28.6 Å². The molecule has 1 aliphatic rings. The topological polar surface area (TPSA) is 128 Å². The van der Waals surface area contributed by atoms with Crippen molar-refractivity contribution in [2.75, 3.05) is 11.5 Å². The summed E-state index contributed by atoms with van der Waals surface area (Å²) in [5.41, 5.74) is -0.383.